The molecule has 0 aliphatic heterocycles. The Morgan fingerprint density at radius 2 is 2.06 bits per heavy atom. The highest BCUT2D eigenvalue weighted by molar-refractivity contribution is 5.62. The first-order chi connectivity index (χ1) is 8.65. The van der Waals surface area contributed by atoms with Crippen LogP contribution in [0.15, 0.2) is 15.1 Å². The molecule has 1 fully saturated rings. The number of hydrogen-bond donors (Lipinski definition) is 1. The maximum atomic E-state index is 5.60. The van der Waals surface area contributed by atoms with Crippen LogP contribution in [0.3, 0.4) is 0 Å². The quantitative estimate of drug-likeness (QED) is 0.900. The molecule has 4 nitrogen and oxygen atoms in total. The van der Waals surface area contributed by atoms with Gasteiger partial charge in [0.1, 0.15) is 17.8 Å². The number of hydrogen-bond acceptors (Lipinski definition) is 4. The van der Waals surface area contributed by atoms with E-state index in [9.17, 15) is 0 Å². The maximum Gasteiger partial charge on any atom is 0.230 e. The van der Waals surface area contributed by atoms with Crippen molar-refractivity contribution >= 4 is 0 Å². The highest BCUT2D eigenvalue weighted by Gasteiger charge is 2.21. The highest BCUT2D eigenvalue weighted by Crippen LogP contribution is 2.30. The topological polar surface area (TPSA) is 51.2 Å². The molecular weight excluding hydrogens is 228 g/mol. The third kappa shape index (κ3) is 2.08. The predicted octanol–water partition coefficient (Wildman–Crippen LogP) is 3.11. The minimum absolute atomic E-state index is 0.662. The summed E-state index contributed by atoms with van der Waals surface area (Å²) in [4.78, 5) is 4.53. The monoisotopic (exact) mass is 246 g/mol. The molecule has 1 aliphatic carbocycles. The van der Waals surface area contributed by atoms with Crippen molar-refractivity contribution in [3.05, 3.63) is 29.0 Å². The fraction of sp³-hybridized carbons (Fsp3) is 0.500. The minimum Gasteiger partial charge on any atom is -0.466 e. The lowest BCUT2D eigenvalue weighted by Gasteiger charge is -1.96. The van der Waals surface area contributed by atoms with Gasteiger partial charge in [0, 0.05) is 18.2 Å². The van der Waals surface area contributed by atoms with Gasteiger partial charge in [-0.05, 0) is 33.6 Å². The smallest absolute Gasteiger partial charge is 0.230 e. The molecule has 2 aromatic rings. The van der Waals surface area contributed by atoms with Gasteiger partial charge in [-0.2, -0.15) is 0 Å². The summed E-state index contributed by atoms with van der Waals surface area (Å²) in [7, 11) is 0. The van der Waals surface area contributed by atoms with Crippen LogP contribution in [0.5, 0.6) is 0 Å². The number of oxazole rings is 1. The molecule has 0 atom stereocenters. The van der Waals surface area contributed by atoms with E-state index in [1.165, 1.54) is 12.8 Å². The van der Waals surface area contributed by atoms with Crippen molar-refractivity contribution in [3.8, 4) is 11.5 Å². The Kier molecular flexibility index (Phi) is 2.74. The average Bonchev–Trinajstić information content (AvgIpc) is 2.99. The fourth-order valence-electron chi connectivity index (χ4n) is 2.15. The molecule has 4 heteroatoms. The summed E-state index contributed by atoms with van der Waals surface area (Å²) in [5.41, 5.74) is 3.05. The Morgan fingerprint density at radius 1 is 1.28 bits per heavy atom. The first-order valence-corrected chi connectivity index (χ1v) is 6.40. The van der Waals surface area contributed by atoms with Crippen molar-refractivity contribution in [2.24, 2.45) is 0 Å². The van der Waals surface area contributed by atoms with Crippen LogP contribution in [0.2, 0.25) is 0 Å². The summed E-state index contributed by atoms with van der Waals surface area (Å²) >= 11 is 0. The van der Waals surface area contributed by atoms with E-state index in [1.54, 1.807) is 6.26 Å². The Balaban J connectivity index is 1.82. The molecule has 1 N–H and O–H groups in total. The molecule has 0 unspecified atom stereocenters. The second-order valence-electron chi connectivity index (χ2n) is 5.01. The molecule has 0 saturated heterocycles. The molecule has 0 radical (unpaired) electrons. The van der Waals surface area contributed by atoms with Crippen LogP contribution in [0.1, 0.15) is 35.6 Å². The lowest BCUT2D eigenvalue weighted by molar-refractivity contribution is 0.501. The molecule has 0 spiro atoms. The van der Waals surface area contributed by atoms with E-state index in [0.29, 0.717) is 11.9 Å². The molecule has 96 valence electrons. The molecule has 0 amide bonds. The summed E-state index contributed by atoms with van der Waals surface area (Å²) < 4.78 is 11.2. The molecule has 0 aromatic carbocycles. The van der Waals surface area contributed by atoms with Gasteiger partial charge in [-0.1, -0.05) is 0 Å². The number of nitrogens with one attached hydrogen (secondary N) is 1. The normalized spacial score (nSPS) is 15.3. The summed E-state index contributed by atoms with van der Waals surface area (Å²) in [6, 6.07) is 0.685. The van der Waals surface area contributed by atoms with Crippen molar-refractivity contribution < 1.29 is 8.83 Å². The van der Waals surface area contributed by atoms with Gasteiger partial charge in [0.05, 0.1) is 11.3 Å². The maximum absolute atomic E-state index is 5.60. The van der Waals surface area contributed by atoms with E-state index >= 15 is 0 Å². The van der Waals surface area contributed by atoms with Crippen molar-refractivity contribution in [1.29, 1.82) is 0 Å². The van der Waals surface area contributed by atoms with Crippen LogP contribution in [0.25, 0.3) is 11.5 Å². The number of furan rings is 1. The van der Waals surface area contributed by atoms with Gasteiger partial charge in [-0.15, -0.1) is 0 Å². The second kappa shape index (κ2) is 4.28. The number of aromatic nitrogens is 1. The predicted molar refractivity (Wildman–Crippen MR) is 68.3 cm³/mol. The minimum atomic E-state index is 0.662. The summed E-state index contributed by atoms with van der Waals surface area (Å²) in [5, 5.41) is 3.43. The zero-order valence-corrected chi connectivity index (χ0v) is 11.0. The first-order valence-electron chi connectivity index (χ1n) is 6.40. The molecule has 1 aliphatic rings. The number of rotatable bonds is 4. The molecule has 2 aromatic heterocycles. The zero-order chi connectivity index (χ0) is 12.7. The fourth-order valence-corrected chi connectivity index (χ4v) is 2.15. The third-order valence-corrected chi connectivity index (χ3v) is 3.48. The number of nitrogens with zero attached hydrogens (tertiary/aromatic N) is 1. The Labute approximate surface area is 106 Å². The van der Waals surface area contributed by atoms with Crippen molar-refractivity contribution in [2.75, 3.05) is 0 Å². The van der Waals surface area contributed by atoms with Gasteiger partial charge in [0.2, 0.25) is 5.89 Å². The van der Waals surface area contributed by atoms with Crippen molar-refractivity contribution in [2.45, 2.75) is 46.2 Å². The van der Waals surface area contributed by atoms with Crippen LogP contribution in [-0.2, 0) is 6.54 Å². The van der Waals surface area contributed by atoms with E-state index in [1.807, 2.05) is 20.8 Å². The van der Waals surface area contributed by atoms with Crippen LogP contribution < -0.4 is 5.32 Å². The van der Waals surface area contributed by atoms with Crippen LogP contribution in [0.4, 0.5) is 0 Å². The van der Waals surface area contributed by atoms with Crippen molar-refractivity contribution in [1.82, 2.24) is 10.3 Å². The lowest BCUT2D eigenvalue weighted by atomic mass is 10.1. The van der Waals surface area contributed by atoms with Gasteiger partial charge in [-0.3, -0.25) is 0 Å². The van der Waals surface area contributed by atoms with Crippen LogP contribution in [-0.4, -0.2) is 11.0 Å². The average molecular weight is 246 g/mol. The van der Waals surface area contributed by atoms with Gasteiger partial charge in [-0.25, -0.2) is 4.98 Å². The Morgan fingerprint density at radius 3 is 2.67 bits per heavy atom. The molecule has 1 saturated carbocycles. The Bertz CT molecular complexity index is 564. The SMILES string of the molecule is Cc1oc(C)c(-c2nc(CNC3CC3)co2)c1C. The van der Waals surface area contributed by atoms with E-state index in [4.69, 9.17) is 8.83 Å². The standard InChI is InChI=1S/C14H18N2O2/c1-8-9(2)18-10(3)13(8)14-16-12(7-17-14)6-15-11-4-5-11/h7,11,15H,4-6H2,1-3H3. The molecule has 3 rings (SSSR count). The van der Waals surface area contributed by atoms with E-state index in [0.717, 1.165) is 34.9 Å². The molecule has 0 bridgehead atoms. The van der Waals surface area contributed by atoms with Gasteiger partial charge in [0.25, 0.3) is 0 Å². The molecule has 18 heavy (non-hydrogen) atoms. The zero-order valence-electron chi connectivity index (χ0n) is 11.0. The lowest BCUT2D eigenvalue weighted by Crippen LogP contribution is -2.15. The first kappa shape index (κ1) is 11.5. The van der Waals surface area contributed by atoms with Gasteiger partial charge in [0.15, 0.2) is 0 Å². The second-order valence-corrected chi connectivity index (χ2v) is 5.01. The summed E-state index contributed by atoms with van der Waals surface area (Å²) in [5.74, 6) is 2.46. The molecule has 2 heterocycles. The third-order valence-electron chi connectivity index (χ3n) is 3.48. The highest BCUT2D eigenvalue weighted by atomic mass is 16.4. The molecular formula is C14H18N2O2. The van der Waals surface area contributed by atoms with E-state index in [-0.39, 0.29) is 0 Å². The largest absolute Gasteiger partial charge is 0.466 e. The van der Waals surface area contributed by atoms with Crippen molar-refractivity contribution in [3.63, 3.8) is 0 Å². The van der Waals surface area contributed by atoms with E-state index < -0.39 is 0 Å². The van der Waals surface area contributed by atoms with Gasteiger partial charge >= 0.3 is 0 Å². The summed E-state index contributed by atoms with van der Waals surface area (Å²) in [6.07, 6.45) is 4.29. The summed E-state index contributed by atoms with van der Waals surface area (Å²) in [6.45, 7) is 6.72. The Hall–Kier alpha value is -1.55. The van der Waals surface area contributed by atoms with Crippen LogP contribution >= 0.6 is 0 Å². The van der Waals surface area contributed by atoms with E-state index in [2.05, 4.69) is 10.3 Å². The number of aryl methyl sites for hydroxylation is 2. The van der Waals surface area contributed by atoms with Gasteiger partial charge < -0.3 is 14.2 Å². The van der Waals surface area contributed by atoms with Crippen LogP contribution in [0, 0.1) is 20.8 Å².